The summed E-state index contributed by atoms with van der Waals surface area (Å²) in [6.45, 7) is 2.96. The summed E-state index contributed by atoms with van der Waals surface area (Å²) in [6.07, 6.45) is 2.02. The molecule has 1 N–H and O–H groups in total. The first-order valence-electron chi connectivity index (χ1n) is 7.60. The second-order valence-corrected chi connectivity index (χ2v) is 5.08. The zero-order valence-electron chi connectivity index (χ0n) is 13.0. The largest absolute Gasteiger partial charge is 0.494 e. The topological polar surface area (TPSA) is 84.9 Å². The van der Waals surface area contributed by atoms with E-state index in [1.165, 1.54) is 0 Å². The van der Waals surface area contributed by atoms with Crippen molar-refractivity contribution in [2.24, 2.45) is 0 Å². The Morgan fingerprint density at radius 1 is 1.26 bits per heavy atom. The lowest BCUT2D eigenvalue weighted by Crippen LogP contribution is -2.37. The fourth-order valence-corrected chi connectivity index (χ4v) is 2.02. The minimum absolute atomic E-state index is 0.291. The highest BCUT2D eigenvalue weighted by molar-refractivity contribution is 5.98. The Morgan fingerprint density at radius 3 is 2.61 bits per heavy atom. The van der Waals surface area contributed by atoms with Crippen molar-refractivity contribution in [2.45, 2.75) is 19.8 Å². The number of esters is 1. The Labute approximate surface area is 134 Å². The highest BCUT2D eigenvalue weighted by Gasteiger charge is 2.26. The van der Waals surface area contributed by atoms with Crippen LogP contribution in [0.1, 0.15) is 30.1 Å². The highest BCUT2D eigenvalue weighted by Crippen LogP contribution is 2.13. The maximum absolute atomic E-state index is 11.9. The summed E-state index contributed by atoms with van der Waals surface area (Å²) in [5, 5.41) is 2.51. The molecule has 23 heavy (non-hydrogen) atoms. The summed E-state index contributed by atoms with van der Waals surface area (Å²) in [5.41, 5.74) is 0.325. The van der Waals surface area contributed by atoms with E-state index in [9.17, 15) is 14.4 Å². The van der Waals surface area contributed by atoms with Gasteiger partial charge in [0.1, 0.15) is 5.75 Å². The van der Waals surface area contributed by atoms with Crippen molar-refractivity contribution in [3.05, 3.63) is 29.8 Å². The van der Waals surface area contributed by atoms with E-state index in [2.05, 4.69) is 12.2 Å². The number of hydrogen-bond acceptors (Lipinski definition) is 5. The maximum atomic E-state index is 11.9. The maximum Gasteiger partial charge on any atom is 0.338 e. The number of imide groups is 1. The zero-order chi connectivity index (χ0) is 16.7. The molecule has 0 aliphatic carbocycles. The predicted molar refractivity (Wildman–Crippen MR) is 82.2 cm³/mol. The molecule has 0 atom stereocenters. The lowest BCUT2D eigenvalue weighted by Gasteiger charge is -2.12. The Kier molecular flexibility index (Phi) is 5.96. The van der Waals surface area contributed by atoms with E-state index >= 15 is 0 Å². The molecule has 1 heterocycles. The number of hydrogen-bond donors (Lipinski definition) is 1. The number of benzene rings is 1. The molecule has 1 aliphatic rings. The molecule has 1 aliphatic heterocycles. The van der Waals surface area contributed by atoms with Crippen LogP contribution in [0.2, 0.25) is 0 Å². The molecule has 0 bridgehead atoms. The monoisotopic (exact) mass is 320 g/mol. The fraction of sp³-hybridized carbons (Fsp3) is 0.438. The van der Waals surface area contributed by atoms with Crippen LogP contribution < -0.4 is 10.1 Å². The molecule has 0 saturated carbocycles. The van der Waals surface area contributed by atoms with Gasteiger partial charge in [-0.2, -0.15) is 0 Å². The number of carbonyl (C=O) groups is 3. The van der Waals surface area contributed by atoms with E-state index in [1.807, 2.05) is 0 Å². The van der Waals surface area contributed by atoms with E-state index in [0.717, 1.165) is 17.7 Å². The first-order valence-corrected chi connectivity index (χ1v) is 7.60. The third-order valence-corrected chi connectivity index (χ3v) is 3.34. The number of unbranched alkanes of at least 4 members (excludes halogenated alkanes) is 1. The zero-order valence-corrected chi connectivity index (χ0v) is 13.0. The molecule has 7 nitrogen and oxygen atoms in total. The second-order valence-electron chi connectivity index (χ2n) is 5.08. The molecule has 124 valence electrons. The number of nitrogens with one attached hydrogen (secondary N) is 1. The van der Waals surface area contributed by atoms with Gasteiger partial charge in [-0.05, 0) is 30.7 Å². The minimum Gasteiger partial charge on any atom is -0.494 e. The summed E-state index contributed by atoms with van der Waals surface area (Å²) >= 11 is 0. The highest BCUT2D eigenvalue weighted by atomic mass is 16.5. The van der Waals surface area contributed by atoms with Gasteiger partial charge in [-0.3, -0.25) is 9.69 Å². The van der Waals surface area contributed by atoms with Gasteiger partial charge in [-0.15, -0.1) is 0 Å². The van der Waals surface area contributed by atoms with Crippen LogP contribution in [0.25, 0.3) is 0 Å². The third kappa shape index (κ3) is 4.70. The number of rotatable bonds is 7. The van der Waals surface area contributed by atoms with Crippen molar-refractivity contribution in [3.8, 4) is 5.75 Å². The van der Waals surface area contributed by atoms with Gasteiger partial charge in [0.25, 0.3) is 5.91 Å². The number of amides is 3. The molecule has 7 heteroatoms. The van der Waals surface area contributed by atoms with E-state index in [0.29, 0.717) is 31.0 Å². The Morgan fingerprint density at radius 2 is 2.00 bits per heavy atom. The van der Waals surface area contributed by atoms with Gasteiger partial charge < -0.3 is 14.8 Å². The van der Waals surface area contributed by atoms with Gasteiger partial charge in [-0.1, -0.05) is 13.3 Å². The van der Waals surface area contributed by atoms with Gasteiger partial charge in [-0.25, -0.2) is 9.59 Å². The van der Waals surface area contributed by atoms with Crippen LogP contribution in [0.3, 0.4) is 0 Å². The van der Waals surface area contributed by atoms with Crippen molar-refractivity contribution < 1.29 is 23.9 Å². The SMILES string of the molecule is CCCCOc1ccc(C(=O)OCC(=O)N2CCNC2=O)cc1. The van der Waals surface area contributed by atoms with Gasteiger partial charge in [0, 0.05) is 13.1 Å². The van der Waals surface area contributed by atoms with E-state index < -0.39 is 24.5 Å². The number of ether oxygens (including phenoxy) is 2. The molecule has 1 fully saturated rings. The molecule has 0 spiro atoms. The van der Waals surface area contributed by atoms with Crippen molar-refractivity contribution in [1.29, 1.82) is 0 Å². The quantitative estimate of drug-likeness (QED) is 0.609. The molecule has 3 amide bonds. The summed E-state index contributed by atoms with van der Waals surface area (Å²) in [5.74, 6) is -0.467. The standard InChI is InChI=1S/C16H20N2O5/c1-2-3-10-22-13-6-4-12(5-7-13)15(20)23-11-14(19)18-9-8-17-16(18)21/h4-7H,2-3,8-11H2,1H3,(H,17,21). The van der Waals surface area contributed by atoms with Crippen molar-refractivity contribution >= 4 is 17.9 Å². The Bertz CT molecular complexity index is 570. The van der Waals surface area contributed by atoms with E-state index in [4.69, 9.17) is 9.47 Å². The predicted octanol–water partition coefficient (Wildman–Crippen LogP) is 1.57. The first-order chi connectivity index (χ1) is 11.1. The average molecular weight is 320 g/mol. The molecular weight excluding hydrogens is 300 g/mol. The van der Waals surface area contributed by atoms with E-state index in [1.54, 1.807) is 24.3 Å². The number of carbonyl (C=O) groups excluding carboxylic acids is 3. The van der Waals surface area contributed by atoms with Crippen LogP contribution in [-0.2, 0) is 9.53 Å². The molecule has 0 unspecified atom stereocenters. The average Bonchev–Trinajstić information content (AvgIpc) is 2.99. The van der Waals surface area contributed by atoms with Gasteiger partial charge >= 0.3 is 12.0 Å². The van der Waals surface area contributed by atoms with Gasteiger partial charge in [0.2, 0.25) is 0 Å². The molecule has 0 radical (unpaired) electrons. The summed E-state index contributed by atoms with van der Waals surface area (Å²) in [6, 6.07) is 6.07. The number of nitrogens with zero attached hydrogens (tertiary/aromatic N) is 1. The minimum atomic E-state index is -0.613. The number of urea groups is 1. The summed E-state index contributed by atoms with van der Waals surface area (Å²) < 4.78 is 10.4. The fourth-order valence-electron chi connectivity index (χ4n) is 2.02. The van der Waals surface area contributed by atoms with Crippen LogP contribution in [-0.4, -0.2) is 49.1 Å². The van der Waals surface area contributed by atoms with Gasteiger partial charge in [0.05, 0.1) is 12.2 Å². The third-order valence-electron chi connectivity index (χ3n) is 3.34. The smallest absolute Gasteiger partial charge is 0.338 e. The summed E-state index contributed by atoms with van der Waals surface area (Å²) in [7, 11) is 0. The normalized spacial score (nSPS) is 13.6. The Hall–Kier alpha value is -2.57. The van der Waals surface area contributed by atoms with Crippen LogP contribution >= 0.6 is 0 Å². The van der Waals surface area contributed by atoms with Crippen molar-refractivity contribution in [3.63, 3.8) is 0 Å². The lowest BCUT2D eigenvalue weighted by molar-refractivity contribution is -0.130. The lowest BCUT2D eigenvalue weighted by atomic mass is 10.2. The van der Waals surface area contributed by atoms with Crippen LogP contribution in [0.15, 0.2) is 24.3 Å². The molecule has 2 rings (SSSR count). The van der Waals surface area contributed by atoms with Crippen LogP contribution in [0.4, 0.5) is 4.79 Å². The van der Waals surface area contributed by atoms with Crippen LogP contribution in [0.5, 0.6) is 5.75 Å². The molecule has 1 saturated heterocycles. The van der Waals surface area contributed by atoms with Gasteiger partial charge in [0.15, 0.2) is 6.61 Å². The molecule has 1 aromatic rings. The summed E-state index contributed by atoms with van der Waals surface area (Å²) in [4.78, 5) is 36.0. The first kappa shape index (κ1) is 16.8. The van der Waals surface area contributed by atoms with Crippen LogP contribution in [0, 0.1) is 0 Å². The Balaban J connectivity index is 1.81. The van der Waals surface area contributed by atoms with E-state index in [-0.39, 0.29) is 0 Å². The molecule has 1 aromatic carbocycles. The molecule has 0 aromatic heterocycles. The van der Waals surface area contributed by atoms with Crippen molar-refractivity contribution in [2.75, 3.05) is 26.3 Å². The molecular formula is C16H20N2O5. The van der Waals surface area contributed by atoms with Crippen molar-refractivity contribution in [1.82, 2.24) is 10.2 Å². The second kappa shape index (κ2) is 8.17.